The third-order valence-corrected chi connectivity index (χ3v) is 6.66. The molecule has 36 heavy (non-hydrogen) atoms. The molecule has 0 spiro atoms. The third kappa shape index (κ3) is 5.25. The lowest BCUT2D eigenvalue weighted by atomic mass is 9.99. The molecule has 2 aromatic carbocycles. The molecule has 3 aromatic rings. The number of carboxylic acids is 1. The summed E-state index contributed by atoms with van der Waals surface area (Å²) in [6, 6.07) is 15.0. The zero-order chi connectivity index (χ0) is 25.8. The van der Waals surface area contributed by atoms with Gasteiger partial charge in [0.05, 0.1) is 11.6 Å². The molecule has 0 aliphatic carbocycles. The average Bonchev–Trinajstić information content (AvgIpc) is 3.31. The minimum atomic E-state index is -0.849. The first kappa shape index (κ1) is 25.0. The van der Waals surface area contributed by atoms with Crippen molar-refractivity contribution in [3.8, 4) is 0 Å². The number of nitrogens with one attached hydrogen (secondary N) is 3. The smallest absolute Gasteiger partial charge is 0.303 e. The first-order valence-corrected chi connectivity index (χ1v) is 12.2. The number of fused-ring (bicyclic) bond motifs is 1. The Bertz CT molecular complexity index is 1340. The second kappa shape index (κ2) is 10.6. The number of amides is 2. The van der Waals surface area contributed by atoms with Crippen molar-refractivity contribution >= 4 is 35.1 Å². The van der Waals surface area contributed by atoms with Crippen molar-refractivity contribution in [3.05, 3.63) is 87.7 Å². The van der Waals surface area contributed by atoms with Crippen LogP contribution in [-0.2, 0) is 16.0 Å². The Kier molecular flexibility index (Phi) is 7.38. The molecule has 2 heterocycles. The molecule has 1 aliphatic heterocycles. The number of aryl methyl sites for hydroxylation is 1. The first-order valence-electron chi connectivity index (χ1n) is 12.2. The maximum absolute atomic E-state index is 13.2. The number of H-pyrrole nitrogens is 1. The molecule has 4 N–H and O–H groups in total. The van der Waals surface area contributed by atoms with Crippen LogP contribution in [0.1, 0.15) is 76.2 Å². The van der Waals surface area contributed by atoms with Gasteiger partial charge in [-0.15, -0.1) is 0 Å². The van der Waals surface area contributed by atoms with Crippen LogP contribution in [0.4, 0.5) is 5.69 Å². The van der Waals surface area contributed by atoms with E-state index >= 15 is 0 Å². The number of rotatable bonds is 9. The number of carbonyl (C=O) groups excluding carboxylic acids is 2. The largest absolute Gasteiger partial charge is 0.481 e. The lowest BCUT2D eigenvalue weighted by Gasteiger charge is -2.19. The monoisotopic (exact) mass is 485 g/mol. The van der Waals surface area contributed by atoms with Gasteiger partial charge >= 0.3 is 5.97 Å². The van der Waals surface area contributed by atoms with Crippen molar-refractivity contribution < 1.29 is 19.5 Å². The summed E-state index contributed by atoms with van der Waals surface area (Å²) in [4.78, 5) is 40.3. The highest BCUT2D eigenvalue weighted by Crippen LogP contribution is 2.35. The van der Waals surface area contributed by atoms with Crippen molar-refractivity contribution in [2.24, 2.45) is 0 Å². The van der Waals surface area contributed by atoms with E-state index in [4.69, 9.17) is 5.11 Å². The number of benzene rings is 2. The predicted octanol–water partition coefficient (Wildman–Crippen LogP) is 5.41. The van der Waals surface area contributed by atoms with Crippen LogP contribution in [-0.4, -0.2) is 27.9 Å². The SMILES string of the molecule is CCCC(NC(=O)c1ccc2c(c1)C(=Cc1[nH]c(C)c(CCC(=O)O)c1C)C(=O)N2)c1ccccc1. The summed E-state index contributed by atoms with van der Waals surface area (Å²) >= 11 is 0. The molecule has 0 radical (unpaired) electrons. The standard InChI is InChI=1S/C29H31N3O4/c1-4-8-24(19-9-6-5-7-10-19)31-28(35)20-11-13-25-22(15-20)23(29(36)32-25)16-26-17(2)21(18(3)30-26)12-14-27(33)34/h5-7,9-11,13,15-16,24,30H,4,8,12,14H2,1-3H3,(H,31,35)(H,32,36)(H,33,34). The van der Waals surface area contributed by atoms with E-state index in [1.165, 1.54) is 0 Å². The Labute approximate surface area is 210 Å². The number of hydrogen-bond acceptors (Lipinski definition) is 3. The summed E-state index contributed by atoms with van der Waals surface area (Å²) in [7, 11) is 0. The molecule has 7 nitrogen and oxygen atoms in total. The summed E-state index contributed by atoms with van der Waals surface area (Å²) in [6.07, 6.45) is 3.99. The van der Waals surface area contributed by atoms with Crippen LogP contribution in [0.3, 0.4) is 0 Å². The van der Waals surface area contributed by atoms with Crippen molar-refractivity contribution in [2.45, 2.75) is 52.5 Å². The highest BCUT2D eigenvalue weighted by Gasteiger charge is 2.26. The van der Waals surface area contributed by atoms with Gasteiger partial charge in [-0.2, -0.15) is 0 Å². The fourth-order valence-corrected chi connectivity index (χ4v) is 4.72. The van der Waals surface area contributed by atoms with E-state index in [0.717, 1.165) is 40.9 Å². The number of carbonyl (C=O) groups is 3. The molecule has 1 aliphatic rings. The predicted molar refractivity (Wildman–Crippen MR) is 141 cm³/mol. The zero-order valence-corrected chi connectivity index (χ0v) is 20.8. The van der Waals surface area contributed by atoms with Gasteiger partial charge in [-0.3, -0.25) is 14.4 Å². The van der Waals surface area contributed by atoms with E-state index in [1.807, 2.05) is 44.2 Å². The highest BCUT2D eigenvalue weighted by molar-refractivity contribution is 6.35. The molecule has 0 bridgehead atoms. The molecular formula is C29H31N3O4. The van der Waals surface area contributed by atoms with Gasteiger partial charge in [0, 0.05) is 34.6 Å². The van der Waals surface area contributed by atoms with Crippen molar-refractivity contribution in [1.82, 2.24) is 10.3 Å². The number of hydrogen-bond donors (Lipinski definition) is 4. The van der Waals surface area contributed by atoms with Gasteiger partial charge in [-0.1, -0.05) is 43.7 Å². The maximum atomic E-state index is 13.2. The number of aliphatic carboxylic acids is 1. The van der Waals surface area contributed by atoms with Gasteiger partial charge in [0.25, 0.3) is 11.8 Å². The van der Waals surface area contributed by atoms with Crippen LogP contribution in [0, 0.1) is 13.8 Å². The van der Waals surface area contributed by atoms with E-state index in [-0.39, 0.29) is 24.3 Å². The van der Waals surface area contributed by atoms with Gasteiger partial charge in [0.15, 0.2) is 0 Å². The Morgan fingerprint density at radius 2 is 1.86 bits per heavy atom. The fraction of sp³-hybridized carbons (Fsp3) is 0.276. The van der Waals surface area contributed by atoms with E-state index in [1.54, 1.807) is 24.3 Å². The summed E-state index contributed by atoms with van der Waals surface area (Å²) in [5.41, 5.74) is 6.82. The lowest BCUT2D eigenvalue weighted by molar-refractivity contribution is -0.137. The molecule has 1 atom stereocenters. The van der Waals surface area contributed by atoms with E-state index < -0.39 is 5.97 Å². The van der Waals surface area contributed by atoms with Crippen molar-refractivity contribution in [2.75, 3.05) is 5.32 Å². The van der Waals surface area contributed by atoms with Crippen LogP contribution in [0.5, 0.6) is 0 Å². The van der Waals surface area contributed by atoms with Crippen molar-refractivity contribution in [3.63, 3.8) is 0 Å². The summed E-state index contributed by atoms with van der Waals surface area (Å²) in [5, 5.41) is 15.1. The second-order valence-corrected chi connectivity index (χ2v) is 9.16. The Hall–Kier alpha value is -4.13. The van der Waals surface area contributed by atoms with E-state index in [0.29, 0.717) is 28.8 Å². The molecule has 4 rings (SSSR count). The maximum Gasteiger partial charge on any atom is 0.303 e. The van der Waals surface area contributed by atoms with Gasteiger partial charge in [0.1, 0.15) is 0 Å². The highest BCUT2D eigenvalue weighted by atomic mass is 16.4. The van der Waals surface area contributed by atoms with Crippen LogP contribution in [0.25, 0.3) is 11.6 Å². The summed E-state index contributed by atoms with van der Waals surface area (Å²) < 4.78 is 0. The number of aromatic nitrogens is 1. The topological polar surface area (TPSA) is 111 Å². The van der Waals surface area contributed by atoms with Gasteiger partial charge in [-0.05, 0) is 67.7 Å². The fourth-order valence-electron chi connectivity index (χ4n) is 4.72. The summed E-state index contributed by atoms with van der Waals surface area (Å²) in [5.74, 6) is -1.28. The Balaban J connectivity index is 1.62. The molecule has 0 saturated carbocycles. The molecule has 0 fully saturated rings. The molecule has 186 valence electrons. The van der Waals surface area contributed by atoms with E-state index in [9.17, 15) is 14.4 Å². The second-order valence-electron chi connectivity index (χ2n) is 9.16. The number of aromatic amines is 1. The lowest BCUT2D eigenvalue weighted by Crippen LogP contribution is -2.28. The zero-order valence-electron chi connectivity index (χ0n) is 20.8. The molecule has 0 saturated heterocycles. The van der Waals surface area contributed by atoms with Crippen LogP contribution >= 0.6 is 0 Å². The third-order valence-electron chi connectivity index (χ3n) is 6.66. The van der Waals surface area contributed by atoms with Gasteiger partial charge in [-0.25, -0.2) is 0 Å². The average molecular weight is 486 g/mol. The normalized spacial score (nSPS) is 14.4. The van der Waals surface area contributed by atoms with Crippen LogP contribution < -0.4 is 10.6 Å². The Morgan fingerprint density at radius 1 is 1.11 bits per heavy atom. The molecule has 1 aromatic heterocycles. The van der Waals surface area contributed by atoms with Crippen LogP contribution in [0.15, 0.2) is 48.5 Å². The molecule has 1 unspecified atom stereocenters. The van der Waals surface area contributed by atoms with Crippen LogP contribution in [0.2, 0.25) is 0 Å². The Morgan fingerprint density at radius 3 is 2.56 bits per heavy atom. The molecular weight excluding hydrogens is 454 g/mol. The molecule has 7 heteroatoms. The number of anilines is 1. The first-order chi connectivity index (χ1) is 17.3. The minimum Gasteiger partial charge on any atom is -0.481 e. The number of carboxylic acid groups (broad SMARTS) is 1. The summed E-state index contributed by atoms with van der Waals surface area (Å²) in [6.45, 7) is 5.90. The van der Waals surface area contributed by atoms with Crippen molar-refractivity contribution in [1.29, 1.82) is 0 Å². The van der Waals surface area contributed by atoms with E-state index in [2.05, 4.69) is 22.5 Å². The quantitative estimate of drug-likeness (QED) is 0.304. The van der Waals surface area contributed by atoms with Gasteiger partial charge < -0.3 is 20.7 Å². The minimum absolute atomic E-state index is 0.0410. The van der Waals surface area contributed by atoms with Gasteiger partial charge in [0.2, 0.25) is 0 Å². The molecule has 2 amide bonds.